The third-order valence-corrected chi connectivity index (χ3v) is 2.81. The smallest absolute Gasteiger partial charge is 0.319 e. The molecule has 0 unspecified atom stereocenters. The van der Waals surface area contributed by atoms with Crippen LogP contribution in [-0.4, -0.2) is 23.6 Å². The minimum atomic E-state index is -0.552. The van der Waals surface area contributed by atoms with Crippen molar-refractivity contribution in [3.8, 4) is 0 Å². The van der Waals surface area contributed by atoms with Gasteiger partial charge in [0.25, 0.3) is 0 Å². The van der Waals surface area contributed by atoms with E-state index in [2.05, 4.69) is 21.1 Å². The van der Waals surface area contributed by atoms with Crippen molar-refractivity contribution in [3.05, 3.63) is 41.5 Å². The largest absolute Gasteiger partial charge is 0.359 e. The molecule has 0 radical (unpaired) electrons. The lowest BCUT2D eigenvalue weighted by atomic mass is 10.3. The van der Waals surface area contributed by atoms with Crippen LogP contribution in [0.25, 0.3) is 0 Å². The highest BCUT2D eigenvalue weighted by Gasteiger charge is 2.12. The fourth-order valence-electron chi connectivity index (χ4n) is 1.72. The monoisotopic (exact) mass is 306 g/mol. The highest BCUT2D eigenvalue weighted by Crippen LogP contribution is 2.18. The van der Waals surface area contributed by atoms with Crippen molar-refractivity contribution in [2.75, 3.05) is 17.2 Å². The van der Waals surface area contributed by atoms with E-state index in [1.54, 1.807) is 13.8 Å². The van der Waals surface area contributed by atoms with Crippen molar-refractivity contribution in [3.63, 3.8) is 0 Å². The predicted molar refractivity (Wildman–Crippen MR) is 78.0 cm³/mol. The highest BCUT2D eigenvalue weighted by molar-refractivity contribution is 5.97. The lowest BCUT2D eigenvalue weighted by Gasteiger charge is -2.08. The van der Waals surface area contributed by atoms with Crippen LogP contribution in [0.4, 0.5) is 20.6 Å². The summed E-state index contributed by atoms with van der Waals surface area (Å²) in [5, 5.41) is 11.2. The summed E-state index contributed by atoms with van der Waals surface area (Å²) >= 11 is 0. The van der Waals surface area contributed by atoms with Crippen molar-refractivity contribution >= 4 is 23.3 Å². The van der Waals surface area contributed by atoms with Crippen molar-refractivity contribution in [1.29, 1.82) is 0 Å². The highest BCUT2D eigenvalue weighted by atomic mass is 19.1. The van der Waals surface area contributed by atoms with E-state index < -0.39 is 17.8 Å². The molecule has 1 aromatic heterocycles. The average Bonchev–Trinajstić information content (AvgIpc) is 2.79. The third-order valence-electron chi connectivity index (χ3n) is 2.81. The Bertz CT molecular complexity index is 662. The van der Waals surface area contributed by atoms with Crippen molar-refractivity contribution in [2.24, 2.45) is 0 Å². The first-order chi connectivity index (χ1) is 10.5. The van der Waals surface area contributed by atoms with Crippen LogP contribution in [0.5, 0.6) is 0 Å². The number of carbonyl (C=O) groups is 2. The van der Waals surface area contributed by atoms with Gasteiger partial charge < -0.3 is 20.5 Å². The Balaban J connectivity index is 1.81. The van der Waals surface area contributed by atoms with Crippen LogP contribution in [0.15, 0.2) is 28.8 Å². The molecule has 0 bridgehead atoms. The summed E-state index contributed by atoms with van der Waals surface area (Å²) in [5.41, 5.74) is 1.46. The van der Waals surface area contributed by atoms with Crippen molar-refractivity contribution in [2.45, 2.75) is 13.8 Å². The minimum Gasteiger partial charge on any atom is -0.359 e. The Morgan fingerprint density at radius 3 is 2.45 bits per heavy atom. The number of halogens is 1. The van der Waals surface area contributed by atoms with Gasteiger partial charge >= 0.3 is 6.03 Å². The van der Waals surface area contributed by atoms with Gasteiger partial charge in [0, 0.05) is 5.69 Å². The summed E-state index contributed by atoms with van der Waals surface area (Å²) < 4.78 is 17.6. The van der Waals surface area contributed by atoms with Crippen LogP contribution in [0.1, 0.15) is 11.5 Å². The molecule has 1 heterocycles. The van der Waals surface area contributed by atoms with E-state index in [0.29, 0.717) is 22.8 Å². The van der Waals surface area contributed by atoms with Gasteiger partial charge in [0.1, 0.15) is 17.2 Å². The molecule has 1 aromatic carbocycles. The zero-order valence-electron chi connectivity index (χ0n) is 12.1. The van der Waals surface area contributed by atoms with E-state index in [4.69, 9.17) is 4.52 Å². The molecule has 7 nitrogen and oxygen atoms in total. The van der Waals surface area contributed by atoms with Crippen LogP contribution in [0.3, 0.4) is 0 Å². The van der Waals surface area contributed by atoms with Crippen LogP contribution in [-0.2, 0) is 4.79 Å². The molecule has 3 amide bonds. The summed E-state index contributed by atoms with van der Waals surface area (Å²) in [4.78, 5) is 23.4. The number of anilines is 2. The standard InChI is InChI=1S/C14H15FN4O3/c1-8-13(9(2)22-19-8)18-14(21)16-7-12(20)17-11-5-3-10(15)4-6-11/h3-6H,7H2,1-2H3,(H,17,20)(H2,16,18,21). The van der Waals surface area contributed by atoms with Gasteiger partial charge in [-0.1, -0.05) is 5.16 Å². The van der Waals surface area contributed by atoms with E-state index in [0.717, 1.165) is 0 Å². The normalized spacial score (nSPS) is 10.1. The second-order valence-electron chi connectivity index (χ2n) is 4.56. The Morgan fingerprint density at radius 1 is 1.18 bits per heavy atom. The molecule has 2 rings (SSSR count). The summed E-state index contributed by atoms with van der Waals surface area (Å²) in [7, 11) is 0. The number of nitrogens with zero attached hydrogens (tertiary/aromatic N) is 1. The van der Waals surface area contributed by atoms with Gasteiger partial charge in [0.2, 0.25) is 5.91 Å². The van der Waals surface area contributed by atoms with E-state index in [-0.39, 0.29) is 6.54 Å². The zero-order valence-corrected chi connectivity index (χ0v) is 12.1. The predicted octanol–water partition coefficient (Wildman–Crippen LogP) is 2.19. The number of urea groups is 1. The molecule has 0 aliphatic carbocycles. The molecule has 0 saturated carbocycles. The molecule has 0 aliphatic rings. The van der Waals surface area contributed by atoms with Crippen LogP contribution < -0.4 is 16.0 Å². The van der Waals surface area contributed by atoms with Gasteiger partial charge in [-0.25, -0.2) is 9.18 Å². The second kappa shape index (κ2) is 6.70. The van der Waals surface area contributed by atoms with Gasteiger partial charge in [-0.2, -0.15) is 0 Å². The quantitative estimate of drug-likeness (QED) is 0.806. The first-order valence-electron chi connectivity index (χ1n) is 6.49. The Labute approximate surface area is 125 Å². The Kier molecular flexibility index (Phi) is 4.72. The number of carbonyl (C=O) groups excluding carboxylic acids is 2. The molecule has 22 heavy (non-hydrogen) atoms. The number of benzene rings is 1. The van der Waals surface area contributed by atoms with Crippen molar-refractivity contribution in [1.82, 2.24) is 10.5 Å². The minimum absolute atomic E-state index is 0.230. The second-order valence-corrected chi connectivity index (χ2v) is 4.56. The lowest BCUT2D eigenvalue weighted by Crippen LogP contribution is -2.36. The van der Waals surface area contributed by atoms with Crippen molar-refractivity contribution < 1.29 is 18.5 Å². The van der Waals surface area contributed by atoms with E-state index in [1.807, 2.05) is 0 Å². The number of aromatic nitrogens is 1. The first kappa shape index (κ1) is 15.5. The molecule has 116 valence electrons. The molecule has 0 saturated heterocycles. The van der Waals surface area contributed by atoms with Gasteiger partial charge in [-0.15, -0.1) is 0 Å². The SMILES string of the molecule is Cc1noc(C)c1NC(=O)NCC(=O)Nc1ccc(F)cc1. The molecule has 2 aromatic rings. The molecule has 3 N–H and O–H groups in total. The number of hydrogen-bond donors (Lipinski definition) is 3. The summed E-state index contributed by atoms with van der Waals surface area (Å²) in [6.45, 7) is 3.12. The number of nitrogens with one attached hydrogen (secondary N) is 3. The zero-order chi connectivity index (χ0) is 16.1. The maximum atomic E-state index is 12.7. The summed E-state index contributed by atoms with van der Waals surface area (Å²) in [6.07, 6.45) is 0. The van der Waals surface area contributed by atoms with Crippen LogP contribution in [0, 0.1) is 19.7 Å². The molecule has 8 heteroatoms. The maximum Gasteiger partial charge on any atom is 0.319 e. The fourth-order valence-corrected chi connectivity index (χ4v) is 1.72. The van der Waals surface area contributed by atoms with E-state index in [9.17, 15) is 14.0 Å². The molecule has 0 spiro atoms. The molecule has 0 fully saturated rings. The average molecular weight is 306 g/mol. The maximum absolute atomic E-state index is 12.7. The topological polar surface area (TPSA) is 96.3 Å². The Hall–Kier alpha value is -2.90. The lowest BCUT2D eigenvalue weighted by molar-refractivity contribution is -0.115. The van der Waals surface area contributed by atoms with Crippen LogP contribution >= 0.6 is 0 Å². The van der Waals surface area contributed by atoms with E-state index in [1.165, 1.54) is 24.3 Å². The number of aryl methyl sites for hydroxylation is 2. The van der Waals surface area contributed by atoms with Gasteiger partial charge in [0.15, 0.2) is 5.76 Å². The molecular weight excluding hydrogens is 291 g/mol. The van der Waals surface area contributed by atoms with Gasteiger partial charge in [0.05, 0.1) is 6.54 Å². The number of amides is 3. The first-order valence-corrected chi connectivity index (χ1v) is 6.49. The molecular formula is C14H15FN4O3. The van der Waals surface area contributed by atoms with Gasteiger partial charge in [-0.3, -0.25) is 4.79 Å². The Morgan fingerprint density at radius 2 is 1.86 bits per heavy atom. The summed E-state index contributed by atoms with van der Waals surface area (Å²) in [5.74, 6) is -0.348. The number of rotatable bonds is 4. The number of hydrogen-bond acceptors (Lipinski definition) is 4. The molecule has 0 aliphatic heterocycles. The summed E-state index contributed by atoms with van der Waals surface area (Å²) in [6, 6.07) is 4.76. The molecule has 0 atom stereocenters. The fraction of sp³-hybridized carbons (Fsp3) is 0.214. The third kappa shape index (κ3) is 4.05. The van der Waals surface area contributed by atoms with E-state index >= 15 is 0 Å². The van der Waals surface area contributed by atoms with Crippen LogP contribution in [0.2, 0.25) is 0 Å². The van der Waals surface area contributed by atoms with Gasteiger partial charge in [-0.05, 0) is 38.1 Å².